The Kier molecular flexibility index (Phi) is 13.3. The van der Waals surface area contributed by atoms with E-state index in [0.29, 0.717) is 22.7 Å². The molecule has 1 saturated carbocycles. The second kappa shape index (κ2) is 16.1. The number of benzene rings is 1. The van der Waals surface area contributed by atoms with Crippen molar-refractivity contribution in [3.63, 3.8) is 0 Å². The fourth-order valence-electron chi connectivity index (χ4n) is 3.82. The first kappa shape index (κ1) is 30.4. The molecule has 3 rings (SSSR count). The van der Waals surface area contributed by atoms with Gasteiger partial charge in [0.1, 0.15) is 5.75 Å². The molecule has 12 heteroatoms. The Bertz CT molecular complexity index is 1100. The maximum atomic E-state index is 12.4. The first-order valence-corrected chi connectivity index (χ1v) is 15.2. The molecule has 0 bridgehead atoms. The molecule has 1 amide bonds. The summed E-state index contributed by atoms with van der Waals surface area (Å²) in [6.07, 6.45) is 9.20. The van der Waals surface area contributed by atoms with Gasteiger partial charge in [0.15, 0.2) is 0 Å². The number of carbonyl (C=O) groups excluding carboxylic acids is 1. The van der Waals surface area contributed by atoms with E-state index in [2.05, 4.69) is 26.0 Å². The van der Waals surface area contributed by atoms with E-state index in [9.17, 15) is 9.90 Å². The van der Waals surface area contributed by atoms with Crippen LogP contribution in [0.4, 0.5) is 0 Å². The number of dihydropyridines is 1. The van der Waals surface area contributed by atoms with Gasteiger partial charge in [-0.15, -0.1) is 0 Å². The average molecular weight is 737 g/mol. The predicted octanol–water partition coefficient (Wildman–Crippen LogP) is 2.32. The van der Waals surface area contributed by atoms with Crippen LogP contribution >= 0.6 is 0 Å². The van der Waals surface area contributed by atoms with Crippen molar-refractivity contribution in [2.75, 3.05) is 14.2 Å². The average Bonchev–Trinajstić information content (AvgIpc) is 2.94. The molecule has 0 saturated heterocycles. The molecule has 37 heavy (non-hydrogen) atoms. The summed E-state index contributed by atoms with van der Waals surface area (Å²) < 4.78 is 27.6. The molecule has 0 aromatic heterocycles. The minimum absolute atomic E-state index is 0.0902. The molecule has 1 fully saturated rings. The van der Waals surface area contributed by atoms with Crippen molar-refractivity contribution in [3.8, 4) is 5.75 Å². The number of carbonyl (C=O) groups is 1. The van der Waals surface area contributed by atoms with Crippen molar-refractivity contribution in [2.24, 2.45) is 21.2 Å². The number of hydrogen-bond acceptors (Lipinski definition) is 10. The molecule has 1 aromatic carbocycles. The van der Waals surface area contributed by atoms with Crippen molar-refractivity contribution in [1.29, 1.82) is 0 Å². The number of allylic oxidation sites excluding steroid dienone is 3. The van der Waals surface area contributed by atoms with Crippen LogP contribution in [0.1, 0.15) is 49.9 Å². The van der Waals surface area contributed by atoms with Crippen molar-refractivity contribution in [1.82, 2.24) is 10.7 Å². The van der Waals surface area contributed by atoms with Gasteiger partial charge in [-0.25, -0.2) is 5.43 Å². The van der Waals surface area contributed by atoms with Gasteiger partial charge in [-0.3, -0.25) is 4.79 Å². The van der Waals surface area contributed by atoms with E-state index in [1.165, 1.54) is 0 Å². The number of rotatable bonds is 8. The molecule has 1 atom stereocenters. The first-order chi connectivity index (χ1) is 17.8. The Labute approximate surface area is 231 Å². The number of amides is 1. The fourth-order valence-corrected chi connectivity index (χ4v) is 3.82. The first-order valence-electron chi connectivity index (χ1n) is 11.8. The molecule has 0 radical (unpaired) electrons. The van der Waals surface area contributed by atoms with E-state index in [0.717, 1.165) is 31.4 Å². The number of nitrogens with zero attached hydrogens (tertiary/aromatic N) is 3. The minimum atomic E-state index is -2.51. The third kappa shape index (κ3) is 9.87. The second-order valence-corrected chi connectivity index (χ2v) is 9.12. The molecule has 11 nitrogen and oxygen atoms in total. The van der Waals surface area contributed by atoms with Crippen LogP contribution in [0.15, 0.2) is 63.5 Å². The summed E-state index contributed by atoms with van der Waals surface area (Å²) in [6, 6.07) is 6.55. The van der Waals surface area contributed by atoms with E-state index < -0.39 is 27.8 Å². The summed E-state index contributed by atoms with van der Waals surface area (Å²) in [6.45, 7) is 3.61. The SMILES string of the molecule is COc1ccc(C(=O)NN=C(C)C2C=CC=C(C(C)=N/N=C(\[O-])C3CCC(OC)CC3)N2)cc1.[O]=[U]=[O]. The Morgan fingerprint density at radius 3 is 2.32 bits per heavy atom. The number of hydrogen-bond donors (Lipinski definition) is 2. The molecule has 1 unspecified atom stereocenters. The summed E-state index contributed by atoms with van der Waals surface area (Å²) in [5, 5.41) is 28.1. The fraction of sp³-hybridized carbons (Fsp3) is 0.440. The van der Waals surface area contributed by atoms with Crippen molar-refractivity contribution in [3.05, 3.63) is 53.8 Å². The van der Waals surface area contributed by atoms with E-state index in [1.807, 2.05) is 25.2 Å². The zero-order chi connectivity index (χ0) is 27.2. The van der Waals surface area contributed by atoms with Gasteiger partial charge in [0, 0.05) is 12.7 Å². The topological polar surface area (TPSA) is 154 Å². The monoisotopic (exact) mass is 736 g/mol. The summed E-state index contributed by atoms with van der Waals surface area (Å²) >= 11 is -2.51. The van der Waals surface area contributed by atoms with E-state index in [-0.39, 0.29) is 29.9 Å². The van der Waals surface area contributed by atoms with Crippen molar-refractivity contribution >= 4 is 23.2 Å². The molecule has 198 valence electrons. The van der Waals surface area contributed by atoms with Gasteiger partial charge < -0.3 is 19.9 Å². The maximum absolute atomic E-state index is 12.4. The molecular formula is C25H32N5O6U-. The third-order valence-electron chi connectivity index (χ3n) is 6.06. The van der Waals surface area contributed by atoms with E-state index in [4.69, 9.17) is 13.9 Å². The van der Waals surface area contributed by atoms with Gasteiger partial charge in [0.2, 0.25) is 0 Å². The van der Waals surface area contributed by atoms with Crippen LogP contribution in [0.3, 0.4) is 0 Å². The van der Waals surface area contributed by atoms with Crippen molar-refractivity contribution in [2.45, 2.75) is 51.7 Å². The van der Waals surface area contributed by atoms with Crippen LogP contribution < -0.4 is 20.6 Å². The molecule has 1 heterocycles. The van der Waals surface area contributed by atoms with Crippen LogP contribution in [0.25, 0.3) is 0 Å². The standard InChI is InChI=1S/C25H33N5O4.2O.U/c1-16(27-29-24(31)18-8-12-20(33-3)13-9-18)22-6-5-7-23(26-22)17(2)28-30-25(32)19-10-14-21(34-4)15-11-19;;;/h5-9,12-13,19,21-22,26H,10-11,14-15H2,1-4H3,(H,29,31)(H,30,32);;;/p-1. The van der Waals surface area contributed by atoms with Gasteiger partial charge in [0.25, 0.3) is 5.91 Å². The predicted molar refractivity (Wildman–Crippen MR) is 132 cm³/mol. The molecule has 1 aliphatic heterocycles. The van der Waals surface area contributed by atoms with Gasteiger partial charge in [-0.2, -0.15) is 15.3 Å². The Morgan fingerprint density at radius 1 is 1.08 bits per heavy atom. The van der Waals surface area contributed by atoms with Gasteiger partial charge >= 0.3 is 32.3 Å². The van der Waals surface area contributed by atoms with Crippen molar-refractivity contribution < 1.29 is 51.7 Å². The van der Waals surface area contributed by atoms with E-state index in [1.54, 1.807) is 45.4 Å². The van der Waals surface area contributed by atoms with Crippen LogP contribution in [-0.2, 0) is 9.21 Å². The summed E-state index contributed by atoms with van der Waals surface area (Å²) in [5.74, 6) is 0.0900. The van der Waals surface area contributed by atoms with Gasteiger partial charge in [0.05, 0.1) is 36.4 Å². The Hall–Kier alpha value is -2.81. The summed E-state index contributed by atoms with van der Waals surface area (Å²) in [7, 11) is 3.28. The summed E-state index contributed by atoms with van der Waals surface area (Å²) in [5.41, 5.74) is 5.06. The molecule has 1 aliphatic carbocycles. The number of hydrazone groups is 1. The molecular weight excluding hydrogens is 704 g/mol. The second-order valence-electron chi connectivity index (χ2n) is 8.43. The van der Waals surface area contributed by atoms with Crippen LogP contribution in [0, 0.1) is 33.7 Å². The van der Waals surface area contributed by atoms with Crippen LogP contribution in [0.5, 0.6) is 5.75 Å². The molecule has 2 N–H and O–H groups in total. The number of ether oxygens (including phenoxy) is 2. The molecule has 0 spiro atoms. The normalized spacial score (nSPS) is 22.0. The zero-order valence-corrected chi connectivity index (χ0v) is 25.6. The Balaban J connectivity index is 0.00000153. The van der Waals surface area contributed by atoms with Crippen LogP contribution in [0.2, 0.25) is 0 Å². The number of methoxy groups -OCH3 is 2. The Morgan fingerprint density at radius 2 is 1.73 bits per heavy atom. The molecule has 1 aromatic rings. The summed E-state index contributed by atoms with van der Waals surface area (Å²) in [4.78, 5) is 12.3. The third-order valence-corrected chi connectivity index (χ3v) is 6.06. The van der Waals surface area contributed by atoms with Gasteiger partial charge in [-0.05, 0) is 81.7 Å². The van der Waals surface area contributed by atoms with Crippen LogP contribution in [-0.4, -0.2) is 49.6 Å². The quantitative estimate of drug-likeness (QED) is 0.236. The zero-order valence-electron chi connectivity index (χ0n) is 21.4. The van der Waals surface area contributed by atoms with E-state index >= 15 is 0 Å². The molecule has 2 aliphatic rings. The number of nitrogens with one attached hydrogen (secondary N) is 2. The van der Waals surface area contributed by atoms with Gasteiger partial charge in [-0.1, -0.05) is 12.2 Å².